The zero-order chi connectivity index (χ0) is 16.9. The van der Waals surface area contributed by atoms with Gasteiger partial charge in [0.15, 0.2) is 0 Å². The molecule has 1 aromatic heterocycles. The van der Waals surface area contributed by atoms with Crippen LogP contribution in [0, 0.1) is 0 Å². The maximum Gasteiger partial charge on any atom is 0.252 e. The fourth-order valence-corrected chi connectivity index (χ4v) is 2.39. The van der Waals surface area contributed by atoms with Gasteiger partial charge >= 0.3 is 0 Å². The second kappa shape index (κ2) is 7.20. The average Bonchev–Trinajstić information content (AvgIpc) is 3.15. The summed E-state index contributed by atoms with van der Waals surface area (Å²) in [6.07, 6.45) is 0.626. The Bertz CT molecular complexity index is 824. The normalized spacial score (nSPS) is 11.9. The first-order valence-corrected chi connectivity index (χ1v) is 7.57. The third-order valence-electron chi connectivity index (χ3n) is 3.45. The van der Waals surface area contributed by atoms with Crippen molar-refractivity contribution in [3.05, 3.63) is 71.0 Å². The first-order valence-electron chi connectivity index (χ1n) is 7.19. The van der Waals surface area contributed by atoms with Crippen LogP contribution in [0.1, 0.15) is 22.0 Å². The molecular formula is C16H14ClN5O2. The van der Waals surface area contributed by atoms with E-state index in [1.165, 1.54) is 11.0 Å². The molecule has 0 aliphatic rings. The lowest BCUT2D eigenvalue weighted by Gasteiger charge is -2.13. The molecule has 0 saturated carbocycles. The van der Waals surface area contributed by atoms with Crippen LogP contribution in [0.2, 0.25) is 5.02 Å². The van der Waals surface area contributed by atoms with Gasteiger partial charge in [-0.3, -0.25) is 4.79 Å². The summed E-state index contributed by atoms with van der Waals surface area (Å²) in [6.45, 7) is 0.0777. The van der Waals surface area contributed by atoms with Gasteiger partial charge in [0.25, 0.3) is 5.91 Å². The molecule has 0 fully saturated rings. The average molecular weight is 344 g/mol. The van der Waals surface area contributed by atoms with E-state index in [4.69, 9.17) is 11.6 Å². The van der Waals surface area contributed by atoms with E-state index >= 15 is 0 Å². The molecule has 2 N–H and O–H groups in total. The van der Waals surface area contributed by atoms with Gasteiger partial charge in [0, 0.05) is 6.54 Å². The van der Waals surface area contributed by atoms with Crippen molar-refractivity contribution in [1.29, 1.82) is 0 Å². The molecular weight excluding hydrogens is 330 g/mol. The van der Waals surface area contributed by atoms with E-state index in [-0.39, 0.29) is 18.0 Å². The minimum atomic E-state index is -0.795. The van der Waals surface area contributed by atoms with Gasteiger partial charge in [0.2, 0.25) is 0 Å². The van der Waals surface area contributed by atoms with Crippen molar-refractivity contribution in [2.75, 3.05) is 6.54 Å². The predicted molar refractivity (Wildman–Crippen MR) is 87.9 cm³/mol. The topological polar surface area (TPSA) is 92.9 Å². The van der Waals surface area contributed by atoms with Crippen LogP contribution in [0.5, 0.6) is 0 Å². The van der Waals surface area contributed by atoms with E-state index in [1.54, 1.807) is 30.3 Å². The zero-order valence-corrected chi connectivity index (χ0v) is 13.3. The van der Waals surface area contributed by atoms with Crippen molar-refractivity contribution in [3.63, 3.8) is 0 Å². The number of benzene rings is 2. The predicted octanol–water partition coefficient (Wildman–Crippen LogP) is 1.78. The van der Waals surface area contributed by atoms with E-state index in [1.807, 2.05) is 18.2 Å². The number of carbonyl (C=O) groups is 1. The highest BCUT2D eigenvalue weighted by Crippen LogP contribution is 2.20. The zero-order valence-electron chi connectivity index (χ0n) is 12.5. The minimum absolute atomic E-state index is 0.0777. The Morgan fingerprint density at radius 1 is 1.25 bits per heavy atom. The van der Waals surface area contributed by atoms with Crippen LogP contribution in [-0.2, 0) is 0 Å². The summed E-state index contributed by atoms with van der Waals surface area (Å²) in [4.78, 5) is 12.4. The van der Waals surface area contributed by atoms with E-state index in [9.17, 15) is 9.90 Å². The van der Waals surface area contributed by atoms with Crippen LogP contribution in [0.25, 0.3) is 5.69 Å². The lowest BCUT2D eigenvalue weighted by atomic mass is 10.1. The Labute approximate surface area is 142 Å². The molecule has 122 valence electrons. The smallest absolute Gasteiger partial charge is 0.252 e. The standard InChI is InChI=1S/C16H14ClN5O2/c17-14-7-6-12(22-10-19-20-21-22)8-13(14)16(24)18-9-15(23)11-4-2-1-3-5-11/h1-8,10,15,23H,9H2,(H,18,24)/t15-/m0/s1. The number of aliphatic hydroxyl groups excluding tert-OH is 1. The van der Waals surface area contributed by atoms with Gasteiger partial charge in [0.05, 0.1) is 22.4 Å². The molecule has 0 unspecified atom stereocenters. The van der Waals surface area contributed by atoms with Gasteiger partial charge in [0.1, 0.15) is 6.33 Å². The van der Waals surface area contributed by atoms with E-state index in [0.717, 1.165) is 5.56 Å². The fourth-order valence-electron chi connectivity index (χ4n) is 2.19. The highest BCUT2D eigenvalue weighted by Gasteiger charge is 2.14. The molecule has 0 bridgehead atoms. The highest BCUT2D eigenvalue weighted by molar-refractivity contribution is 6.33. The second-order valence-corrected chi connectivity index (χ2v) is 5.46. The van der Waals surface area contributed by atoms with Gasteiger partial charge < -0.3 is 10.4 Å². The van der Waals surface area contributed by atoms with Crippen LogP contribution in [0.15, 0.2) is 54.9 Å². The molecule has 3 aromatic rings. The minimum Gasteiger partial charge on any atom is -0.387 e. The first kappa shape index (κ1) is 16.1. The molecule has 24 heavy (non-hydrogen) atoms. The molecule has 3 rings (SSSR count). The third-order valence-corrected chi connectivity index (χ3v) is 3.78. The van der Waals surface area contributed by atoms with Crippen molar-refractivity contribution in [2.24, 2.45) is 0 Å². The van der Waals surface area contributed by atoms with E-state index < -0.39 is 6.10 Å². The number of aromatic nitrogens is 4. The monoisotopic (exact) mass is 343 g/mol. The van der Waals surface area contributed by atoms with Crippen molar-refractivity contribution < 1.29 is 9.90 Å². The summed E-state index contributed by atoms with van der Waals surface area (Å²) >= 11 is 6.10. The lowest BCUT2D eigenvalue weighted by molar-refractivity contribution is 0.0916. The Balaban J connectivity index is 1.72. The molecule has 8 heteroatoms. The summed E-state index contributed by atoms with van der Waals surface area (Å²) < 4.78 is 1.42. The Morgan fingerprint density at radius 2 is 2.04 bits per heavy atom. The van der Waals surface area contributed by atoms with Crippen LogP contribution >= 0.6 is 11.6 Å². The van der Waals surface area contributed by atoms with Crippen molar-refractivity contribution in [3.8, 4) is 5.69 Å². The quantitative estimate of drug-likeness (QED) is 0.736. The van der Waals surface area contributed by atoms with Gasteiger partial charge in [-0.15, -0.1) is 5.10 Å². The van der Waals surface area contributed by atoms with Crippen LogP contribution in [-0.4, -0.2) is 37.8 Å². The Morgan fingerprint density at radius 3 is 2.75 bits per heavy atom. The van der Waals surface area contributed by atoms with Crippen molar-refractivity contribution in [2.45, 2.75) is 6.10 Å². The number of hydrogen-bond acceptors (Lipinski definition) is 5. The summed E-state index contributed by atoms with van der Waals surface area (Å²) in [7, 11) is 0. The van der Waals surface area contributed by atoms with Gasteiger partial charge in [-0.05, 0) is 34.2 Å². The number of hydrogen-bond donors (Lipinski definition) is 2. The second-order valence-electron chi connectivity index (χ2n) is 5.06. The first-order chi connectivity index (χ1) is 11.6. The third kappa shape index (κ3) is 3.58. The molecule has 0 saturated heterocycles. The molecule has 0 radical (unpaired) electrons. The molecule has 1 atom stereocenters. The molecule has 0 aliphatic carbocycles. The number of nitrogens with one attached hydrogen (secondary N) is 1. The van der Waals surface area contributed by atoms with E-state index in [0.29, 0.717) is 10.7 Å². The largest absolute Gasteiger partial charge is 0.387 e. The fraction of sp³-hybridized carbons (Fsp3) is 0.125. The number of halogens is 1. The van der Waals surface area contributed by atoms with Crippen molar-refractivity contribution >= 4 is 17.5 Å². The molecule has 0 spiro atoms. The molecule has 7 nitrogen and oxygen atoms in total. The van der Waals surface area contributed by atoms with Crippen LogP contribution < -0.4 is 5.32 Å². The van der Waals surface area contributed by atoms with Crippen LogP contribution in [0.4, 0.5) is 0 Å². The summed E-state index contributed by atoms with van der Waals surface area (Å²) in [5.41, 5.74) is 1.62. The highest BCUT2D eigenvalue weighted by atomic mass is 35.5. The van der Waals surface area contributed by atoms with Gasteiger partial charge in [-0.1, -0.05) is 41.9 Å². The molecule has 2 aromatic carbocycles. The van der Waals surface area contributed by atoms with Crippen molar-refractivity contribution in [1.82, 2.24) is 25.5 Å². The number of tetrazole rings is 1. The number of aliphatic hydroxyl groups is 1. The van der Waals surface area contributed by atoms with Crippen LogP contribution in [0.3, 0.4) is 0 Å². The van der Waals surface area contributed by atoms with Gasteiger partial charge in [-0.25, -0.2) is 4.68 Å². The lowest BCUT2D eigenvalue weighted by Crippen LogP contribution is -2.28. The number of carbonyl (C=O) groups excluding carboxylic acids is 1. The number of rotatable bonds is 5. The summed E-state index contributed by atoms with van der Waals surface area (Å²) in [6, 6.07) is 14.0. The number of nitrogens with zero attached hydrogens (tertiary/aromatic N) is 4. The van der Waals surface area contributed by atoms with E-state index in [2.05, 4.69) is 20.8 Å². The maximum atomic E-state index is 12.4. The van der Waals surface area contributed by atoms with Gasteiger partial charge in [-0.2, -0.15) is 0 Å². The molecule has 0 aliphatic heterocycles. The molecule has 1 amide bonds. The Kier molecular flexibility index (Phi) is 4.83. The Hall–Kier alpha value is -2.77. The number of amides is 1. The summed E-state index contributed by atoms with van der Waals surface area (Å²) in [5.74, 6) is -0.384. The molecule has 1 heterocycles. The SMILES string of the molecule is O=C(NC[C@H](O)c1ccccc1)c1cc(-n2cnnn2)ccc1Cl. The summed E-state index contributed by atoms with van der Waals surface area (Å²) in [5, 5.41) is 24.0. The maximum absolute atomic E-state index is 12.4.